The number of rotatable bonds is 23. The zero-order valence-corrected chi connectivity index (χ0v) is 25.3. The summed E-state index contributed by atoms with van der Waals surface area (Å²) in [6.07, 6.45) is 16.6. The van der Waals surface area contributed by atoms with Crippen molar-refractivity contribution < 1.29 is 33.8 Å². The summed E-state index contributed by atoms with van der Waals surface area (Å²) in [4.78, 5) is 47.2. The largest absolute Gasteiger partial charge is 0.460 e. The number of ether oxygens (including phenoxy) is 2. The standard InChI is InChI=1S/C30H56N2O7/c1-29(2,3)38-27(35)21-19-17-15-13-11-9-7-6-8-10-12-14-16-18-20-26(34)32-24(22-23-25(31)33)28(36)39-30(4,5)37/h24,37H,6-23H2,1-5H3,(H2,31,33)(H,32,34)/t24-/m0/s1. The van der Waals surface area contributed by atoms with E-state index in [2.05, 4.69) is 5.32 Å². The van der Waals surface area contributed by atoms with E-state index >= 15 is 0 Å². The second kappa shape index (κ2) is 20.7. The van der Waals surface area contributed by atoms with Gasteiger partial charge in [-0.1, -0.05) is 77.0 Å². The van der Waals surface area contributed by atoms with Gasteiger partial charge in [-0.25, -0.2) is 4.79 Å². The van der Waals surface area contributed by atoms with Gasteiger partial charge in [0.25, 0.3) is 0 Å². The summed E-state index contributed by atoms with van der Waals surface area (Å²) < 4.78 is 10.2. The number of nitrogens with one attached hydrogen (secondary N) is 1. The molecule has 0 saturated heterocycles. The first kappa shape index (κ1) is 36.8. The van der Waals surface area contributed by atoms with E-state index in [1.807, 2.05) is 20.8 Å². The van der Waals surface area contributed by atoms with Gasteiger partial charge in [-0.05, 0) is 40.0 Å². The minimum absolute atomic E-state index is 0.0336. The molecule has 0 unspecified atom stereocenters. The van der Waals surface area contributed by atoms with Crippen LogP contribution in [0.4, 0.5) is 0 Å². The van der Waals surface area contributed by atoms with Crippen LogP contribution in [-0.2, 0) is 28.7 Å². The van der Waals surface area contributed by atoms with E-state index in [4.69, 9.17) is 15.2 Å². The minimum Gasteiger partial charge on any atom is -0.460 e. The third-order valence-electron chi connectivity index (χ3n) is 6.10. The third-order valence-corrected chi connectivity index (χ3v) is 6.10. The molecular formula is C30H56N2O7. The summed E-state index contributed by atoms with van der Waals surface area (Å²) >= 11 is 0. The second-order valence-electron chi connectivity index (χ2n) is 12.0. The highest BCUT2D eigenvalue weighted by atomic mass is 16.7. The van der Waals surface area contributed by atoms with Gasteiger partial charge < -0.3 is 25.6 Å². The molecule has 0 aromatic carbocycles. The predicted octanol–water partition coefficient (Wildman–Crippen LogP) is 5.59. The Morgan fingerprint density at radius 3 is 1.46 bits per heavy atom. The van der Waals surface area contributed by atoms with E-state index < -0.39 is 29.3 Å². The van der Waals surface area contributed by atoms with Gasteiger partial charge >= 0.3 is 11.9 Å². The molecule has 0 heterocycles. The fourth-order valence-corrected chi connectivity index (χ4v) is 4.19. The van der Waals surface area contributed by atoms with Crippen LogP contribution < -0.4 is 11.1 Å². The number of unbranched alkanes of at least 4 members (excludes halogenated alkanes) is 13. The number of nitrogens with two attached hydrogens (primary N) is 1. The van der Waals surface area contributed by atoms with Crippen LogP contribution in [0, 0.1) is 0 Å². The summed E-state index contributed by atoms with van der Waals surface area (Å²) in [5.41, 5.74) is 4.76. The molecule has 0 rings (SSSR count). The Hall–Kier alpha value is -2.16. The maximum absolute atomic E-state index is 12.3. The molecule has 0 aromatic heterocycles. The van der Waals surface area contributed by atoms with Crippen LogP contribution in [0.3, 0.4) is 0 Å². The molecule has 0 aliphatic heterocycles. The fourth-order valence-electron chi connectivity index (χ4n) is 4.19. The molecule has 0 aromatic rings. The lowest BCUT2D eigenvalue weighted by atomic mass is 10.0. The number of carbonyl (C=O) groups excluding carboxylic acids is 4. The van der Waals surface area contributed by atoms with Gasteiger partial charge in [-0.15, -0.1) is 0 Å². The molecule has 0 saturated carbocycles. The quantitative estimate of drug-likeness (QED) is 0.0844. The molecule has 1 atom stereocenters. The van der Waals surface area contributed by atoms with Gasteiger partial charge in [0.2, 0.25) is 17.6 Å². The topological polar surface area (TPSA) is 145 Å². The van der Waals surface area contributed by atoms with E-state index in [1.165, 1.54) is 65.2 Å². The molecule has 4 N–H and O–H groups in total. The van der Waals surface area contributed by atoms with Gasteiger partial charge in [-0.2, -0.15) is 0 Å². The highest BCUT2D eigenvalue weighted by Gasteiger charge is 2.27. The van der Waals surface area contributed by atoms with Crippen molar-refractivity contribution in [2.75, 3.05) is 0 Å². The summed E-state index contributed by atoms with van der Waals surface area (Å²) in [5.74, 6) is -3.40. The number of hydrogen-bond donors (Lipinski definition) is 3. The van der Waals surface area contributed by atoms with Crippen LogP contribution in [0.2, 0.25) is 0 Å². The van der Waals surface area contributed by atoms with Crippen molar-refractivity contribution in [3.05, 3.63) is 0 Å². The van der Waals surface area contributed by atoms with Crippen molar-refractivity contribution in [1.82, 2.24) is 5.32 Å². The van der Waals surface area contributed by atoms with Crippen molar-refractivity contribution in [2.45, 2.75) is 168 Å². The molecule has 0 aliphatic rings. The molecule has 0 spiro atoms. The second-order valence-corrected chi connectivity index (χ2v) is 12.0. The van der Waals surface area contributed by atoms with Crippen molar-refractivity contribution in [3.63, 3.8) is 0 Å². The Labute approximate surface area is 236 Å². The first-order valence-corrected chi connectivity index (χ1v) is 14.9. The van der Waals surface area contributed by atoms with Crippen molar-refractivity contribution >= 4 is 23.8 Å². The lowest BCUT2D eigenvalue weighted by Crippen LogP contribution is -2.45. The van der Waals surface area contributed by atoms with Gasteiger partial charge in [0.1, 0.15) is 11.6 Å². The van der Waals surface area contributed by atoms with Gasteiger partial charge in [0, 0.05) is 33.1 Å². The summed E-state index contributed by atoms with van der Waals surface area (Å²) in [5, 5.41) is 12.3. The van der Waals surface area contributed by atoms with Gasteiger partial charge in [-0.3, -0.25) is 14.4 Å². The van der Waals surface area contributed by atoms with E-state index in [1.54, 1.807) is 0 Å². The van der Waals surface area contributed by atoms with Crippen molar-refractivity contribution in [1.29, 1.82) is 0 Å². The Bertz CT molecular complexity index is 711. The number of aliphatic hydroxyl groups is 1. The number of primary amides is 1. The predicted molar refractivity (Wildman–Crippen MR) is 152 cm³/mol. The smallest absolute Gasteiger partial charge is 0.331 e. The zero-order chi connectivity index (χ0) is 29.7. The average molecular weight is 557 g/mol. The third kappa shape index (κ3) is 25.9. The molecule has 0 aliphatic carbocycles. The zero-order valence-electron chi connectivity index (χ0n) is 25.3. The molecule has 9 nitrogen and oxygen atoms in total. The number of hydrogen-bond acceptors (Lipinski definition) is 7. The maximum Gasteiger partial charge on any atom is 0.331 e. The number of esters is 2. The van der Waals surface area contributed by atoms with Crippen LogP contribution in [0.15, 0.2) is 0 Å². The lowest BCUT2D eigenvalue weighted by Gasteiger charge is -2.23. The number of carbonyl (C=O) groups is 4. The van der Waals surface area contributed by atoms with Crippen LogP contribution in [0.25, 0.3) is 0 Å². The molecule has 0 bridgehead atoms. The molecular weight excluding hydrogens is 500 g/mol. The van der Waals surface area contributed by atoms with Crippen molar-refractivity contribution in [3.8, 4) is 0 Å². The van der Waals surface area contributed by atoms with Crippen molar-refractivity contribution in [2.24, 2.45) is 5.73 Å². The Morgan fingerprint density at radius 2 is 1.08 bits per heavy atom. The average Bonchev–Trinajstić information content (AvgIpc) is 2.79. The maximum atomic E-state index is 12.3. The van der Waals surface area contributed by atoms with Gasteiger partial charge in [0.15, 0.2) is 0 Å². The van der Waals surface area contributed by atoms with E-state index in [9.17, 15) is 24.3 Å². The Kier molecular flexibility index (Phi) is 19.6. The first-order valence-electron chi connectivity index (χ1n) is 14.9. The Balaban J connectivity index is 3.71. The molecule has 39 heavy (non-hydrogen) atoms. The molecule has 0 radical (unpaired) electrons. The minimum atomic E-state index is -1.67. The first-order chi connectivity index (χ1) is 18.2. The Morgan fingerprint density at radius 1 is 0.667 bits per heavy atom. The highest BCUT2D eigenvalue weighted by Crippen LogP contribution is 2.15. The monoisotopic (exact) mass is 556 g/mol. The van der Waals surface area contributed by atoms with Crippen LogP contribution >= 0.6 is 0 Å². The van der Waals surface area contributed by atoms with Gasteiger partial charge in [0.05, 0.1) is 0 Å². The van der Waals surface area contributed by atoms with Crippen LogP contribution in [0.5, 0.6) is 0 Å². The van der Waals surface area contributed by atoms with E-state index in [0.29, 0.717) is 12.8 Å². The molecule has 2 amide bonds. The number of amides is 2. The molecule has 0 fully saturated rings. The summed E-state index contributed by atoms with van der Waals surface area (Å²) in [6.45, 7) is 8.33. The summed E-state index contributed by atoms with van der Waals surface area (Å²) in [6, 6.07) is -1.01. The highest BCUT2D eigenvalue weighted by molar-refractivity contribution is 5.85. The normalized spacial score (nSPS) is 12.6. The van der Waals surface area contributed by atoms with Crippen LogP contribution in [-0.4, -0.2) is 46.3 Å². The lowest BCUT2D eigenvalue weighted by molar-refractivity contribution is -0.197. The van der Waals surface area contributed by atoms with Crippen LogP contribution in [0.1, 0.15) is 150 Å². The molecule has 9 heteroatoms. The fraction of sp³-hybridized carbons (Fsp3) is 0.867. The van der Waals surface area contributed by atoms with E-state index in [-0.39, 0.29) is 24.7 Å². The molecule has 228 valence electrons. The SMILES string of the molecule is CC(C)(C)OC(=O)CCCCCCCCCCCCCCCCC(=O)N[C@@H](CCC(N)=O)C(=O)OC(C)(C)O. The van der Waals surface area contributed by atoms with E-state index in [0.717, 1.165) is 38.5 Å². The summed E-state index contributed by atoms with van der Waals surface area (Å²) in [7, 11) is 0.